The van der Waals surface area contributed by atoms with Gasteiger partial charge in [0, 0.05) is 10.0 Å². The van der Waals surface area contributed by atoms with Crippen molar-refractivity contribution in [2.24, 2.45) is 0 Å². The smallest absolute Gasteiger partial charge is 0.147 e. The molecule has 0 aliphatic carbocycles. The van der Waals surface area contributed by atoms with E-state index >= 15 is 0 Å². The van der Waals surface area contributed by atoms with Crippen LogP contribution in [0.5, 0.6) is 11.5 Å². The Morgan fingerprint density at radius 2 is 1.89 bits per heavy atom. The molecule has 0 bridgehead atoms. The topological polar surface area (TPSA) is 9.23 Å². The molecule has 0 atom stereocenters. The zero-order valence-electron chi connectivity index (χ0n) is 9.09. The van der Waals surface area contributed by atoms with E-state index in [4.69, 9.17) is 27.9 Å². The van der Waals surface area contributed by atoms with Crippen LogP contribution in [0.1, 0.15) is 5.56 Å². The van der Waals surface area contributed by atoms with Gasteiger partial charge in [-0.3, -0.25) is 0 Å². The first-order valence-corrected chi connectivity index (χ1v) is 6.78. The van der Waals surface area contributed by atoms with E-state index in [1.165, 1.54) is 18.2 Å². The fraction of sp³-hybridized carbons (Fsp3) is 0.0769. The summed E-state index contributed by atoms with van der Waals surface area (Å²) in [6.07, 6.45) is 0. The second-order valence-electron chi connectivity index (χ2n) is 3.56. The van der Waals surface area contributed by atoms with Crippen LogP contribution in [0.4, 0.5) is 4.39 Å². The lowest BCUT2D eigenvalue weighted by Crippen LogP contribution is -1.91. The molecule has 0 aliphatic heterocycles. The van der Waals surface area contributed by atoms with Gasteiger partial charge in [0.2, 0.25) is 0 Å². The van der Waals surface area contributed by atoms with Gasteiger partial charge in [0.05, 0.1) is 10.9 Å². The molecule has 0 aliphatic rings. The molecule has 1 nitrogen and oxygen atoms in total. The van der Waals surface area contributed by atoms with Gasteiger partial charge in [-0.15, -0.1) is 11.6 Å². The van der Waals surface area contributed by atoms with E-state index in [-0.39, 0.29) is 11.7 Å². The van der Waals surface area contributed by atoms with Gasteiger partial charge >= 0.3 is 0 Å². The van der Waals surface area contributed by atoms with E-state index in [0.717, 1.165) is 4.47 Å². The van der Waals surface area contributed by atoms with Crippen molar-refractivity contribution in [3.8, 4) is 11.5 Å². The number of ether oxygens (including phenoxy) is 1. The maximum atomic E-state index is 13.1. The van der Waals surface area contributed by atoms with Crippen LogP contribution in [0.3, 0.4) is 0 Å². The van der Waals surface area contributed by atoms with Crippen molar-refractivity contribution in [3.05, 3.63) is 57.3 Å². The van der Waals surface area contributed by atoms with Crippen molar-refractivity contribution in [2.45, 2.75) is 5.88 Å². The van der Waals surface area contributed by atoms with Gasteiger partial charge in [-0.1, -0.05) is 27.5 Å². The molecular weight excluding hydrogens is 342 g/mol. The Labute approximate surface area is 123 Å². The molecule has 0 spiro atoms. The Balaban J connectivity index is 2.36. The number of hydrogen-bond donors (Lipinski definition) is 0. The van der Waals surface area contributed by atoms with Gasteiger partial charge in [0.1, 0.15) is 17.3 Å². The number of rotatable bonds is 3. The van der Waals surface area contributed by atoms with Gasteiger partial charge in [-0.2, -0.15) is 0 Å². The first-order valence-electron chi connectivity index (χ1n) is 5.07. The molecule has 94 valence electrons. The van der Waals surface area contributed by atoms with Gasteiger partial charge < -0.3 is 4.74 Å². The van der Waals surface area contributed by atoms with Crippen molar-refractivity contribution >= 4 is 39.1 Å². The Morgan fingerprint density at radius 3 is 2.61 bits per heavy atom. The summed E-state index contributed by atoms with van der Waals surface area (Å²) >= 11 is 15.1. The van der Waals surface area contributed by atoms with Crippen molar-refractivity contribution in [3.63, 3.8) is 0 Å². The highest BCUT2D eigenvalue weighted by atomic mass is 79.9. The van der Waals surface area contributed by atoms with E-state index in [0.29, 0.717) is 22.1 Å². The number of benzene rings is 2. The van der Waals surface area contributed by atoms with E-state index in [1.54, 1.807) is 12.1 Å². The molecule has 0 amide bonds. The number of hydrogen-bond acceptors (Lipinski definition) is 1. The summed E-state index contributed by atoms with van der Waals surface area (Å²) in [5, 5.41) is 0.475. The highest BCUT2D eigenvalue weighted by Crippen LogP contribution is 2.34. The highest BCUT2D eigenvalue weighted by Gasteiger charge is 2.09. The van der Waals surface area contributed by atoms with E-state index < -0.39 is 0 Å². The highest BCUT2D eigenvalue weighted by molar-refractivity contribution is 9.10. The van der Waals surface area contributed by atoms with Gasteiger partial charge in [0.15, 0.2) is 0 Å². The SMILES string of the molecule is Fc1ccc(Oc2cc(Br)ccc2Cl)c(CCl)c1. The van der Waals surface area contributed by atoms with Crippen LogP contribution < -0.4 is 4.74 Å². The third-order valence-corrected chi connectivity index (χ3v) is 3.37. The van der Waals surface area contributed by atoms with Crippen LogP contribution in [0, 0.1) is 5.82 Å². The first-order chi connectivity index (χ1) is 8.60. The summed E-state index contributed by atoms with van der Waals surface area (Å²) in [6.45, 7) is 0. The lowest BCUT2D eigenvalue weighted by atomic mass is 10.2. The van der Waals surface area contributed by atoms with E-state index in [9.17, 15) is 4.39 Å². The molecule has 0 radical (unpaired) electrons. The summed E-state index contributed by atoms with van der Waals surface area (Å²) in [4.78, 5) is 0. The Morgan fingerprint density at radius 1 is 1.11 bits per heavy atom. The minimum Gasteiger partial charge on any atom is -0.455 e. The van der Waals surface area contributed by atoms with Crippen LogP contribution >= 0.6 is 39.1 Å². The summed E-state index contributed by atoms with van der Waals surface area (Å²) in [6, 6.07) is 9.45. The maximum absolute atomic E-state index is 13.1. The van der Waals surface area contributed by atoms with Crippen LogP contribution in [-0.2, 0) is 5.88 Å². The molecule has 0 N–H and O–H groups in total. The molecule has 2 aromatic rings. The summed E-state index contributed by atoms with van der Waals surface area (Å²) in [7, 11) is 0. The average molecular weight is 350 g/mol. The quantitative estimate of drug-likeness (QED) is 0.639. The lowest BCUT2D eigenvalue weighted by Gasteiger charge is -2.11. The standard InChI is InChI=1S/C13H8BrCl2FO/c14-9-1-3-11(16)13(6-9)18-12-4-2-10(17)5-8(12)7-15/h1-6H,7H2. The predicted octanol–water partition coefficient (Wildman–Crippen LogP) is 5.77. The van der Waals surface area contributed by atoms with E-state index in [2.05, 4.69) is 15.9 Å². The number of halogens is 4. The Kier molecular flexibility index (Phi) is 4.49. The third kappa shape index (κ3) is 3.16. The molecule has 0 heterocycles. The van der Waals surface area contributed by atoms with Crippen LogP contribution in [0.15, 0.2) is 40.9 Å². The van der Waals surface area contributed by atoms with Crippen molar-refractivity contribution in [1.29, 1.82) is 0 Å². The zero-order valence-corrected chi connectivity index (χ0v) is 12.2. The molecule has 5 heteroatoms. The van der Waals surface area contributed by atoms with Crippen LogP contribution in [0.25, 0.3) is 0 Å². The molecule has 0 saturated heterocycles. The fourth-order valence-electron chi connectivity index (χ4n) is 1.43. The molecule has 2 aromatic carbocycles. The van der Waals surface area contributed by atoms with Crippen molar-refractivity contribution in [2.75, 3.05) is 0 Å². The Bertz CT molecular complexity index is 575. The van der Waals surface area contributed by atoms with Crippen LogP contribution in [0.2, 0.25) is 5.02 Å². The summed E-state index contributed by atoms with van der Waals surface area (Å²) in [5.74, 6) is 0.798. The van der Waals surface area contributed by atoms with Gasteiger partial charge in [-0.05, 0) is 36.4 Å². The number of alkyl halides is 1. The van der Waals surface area contributed by atoms with Gasteiger partial charge in [0.25, 0.3) is 0 Å². The first kappa shape index (κ1) is 13.7. The molecule has 0 fully saturated rings. The minimum absolute atomic E-state index is 0.165. The largest absolute Gasteiger partial charge is 0.455 e. The third-order valence-electron chi connectivity index (χ3n) is 2.28. The van der Waals surface area contributed by atoms with Crippen molar-refractivity contribution < 1.29 is 9.13 Å². The maximum Gasteiger partial charge on any atom is 0.147 e. The molecule has 18 heavy (non-hydrogen) atoms. The lowest BCUT2D eigenvalue weighted by molar-refractivity contribution is 0.476. The molecule has 2 rings (SSSR count). The molecule has 0 aromatic heterocycles. The second-order valence-corrected chi connectivity index (χ2v) is 5.15. The molecule has 0 saturated carbocycles. The molecule has 0 unspecified atom stereocenters. The second kappa shape index (κ2) is 5.91. The zero-order chi connectivity index (χ0) is 13.1. The Hall–Kier alpha value is -0.770. The average Bonchev–Trinajstić information content (AvgIpc) is 2.36. The van der Waals surface area contributed by atoms with Crippen molar-refractivity contribution in [1.82, 2.24) is 0 Å². The monoisotopic (exact) mass is 348 g/mol. The van der Waals surface area contributed by atoms with Gasteiger partial charge in [-0.25, -0.2) is 4.39 Å². The predicted molar refractivity (Wildman–Crippen MR) is 75.2 cm³/mol. The molecular formula is C13H8BrCl2FO. The summed E-state index contributed by atoms with van der Waals surface area (Å²) in [5.41, 5.74) is 0.577. The normalized spacial score (nSPS) is 10.4. The minimum atomic E-state index is -0.349. The fourth-order valence-corrected chi connectivity index (χ4v) is 2.13. The van der Waals surface area contributed by atoms with E-state index in [1.807, 2.05) is 6.07 Å². The van der Waals surface area contributed by atoms with Crippen LogP contribution in [-0.4, -0.2) is 0 Å². The summed E-state index contributed by atoms with van der Waals surface area (Å²) < 4.78 is 19.6.